The van der Waals surface area contributed by atoms with Crippen LogP contribution in [0.25, 0.3) is 11.0 Å². The van der Waals surface area contributed by atoms with E-state index in [0.29, 0.717) is 16.6 Å². The minimum absolute atomic E-state index is 0.00246. The largest absolute Gasteiger partial charge is 0.323 e. The molecule has 0 saturated heterocycles. The number of Topliss-reactive ketones (excluding diaryl/α,β-unsaturated/α-hetero) is 1. The molecule has 2 aromatic carbocycles. The molecule has 0 atom stereocenters. The van der Waals surface area contributed by atoms with Crippen LogP contribution in [0.3, 0.4) is 0 Å². The number of hydrogen-bond acceptors (Lipinski definition) is 2. The molecule has 0 aliphatic rings. The number of aromatic amines is 2. The molecule has 1 heterocycles. The van der Waals surface area contributed by atoms with E-state index in [-0.39, 0.29) is 23.5 Å². The molecule has 0 bridgehead atoms. The van der Waals surface area contributed by atoms with Crippen molar-refractivity contribution >= 4 is 16.8 Å². The normalized spacial score (nSPS) is 11.0. The Hall–Kier alpha value is -2.76. The van der Waals surface area contributed by atoms with E-state index in [2.05, 4.69) is 9.97 Å². The van der Waals surface area contributed by atoms with E-state index in [0.717, 1.165) is 6.07 Å². The third-order valence-electron chi connectivity index (χ3n) is 3.22. The van der Waals surface area contributed by atoms with Crippen molar-refractivity contribution in [2.24, 2.45) is 0 Å². The van der Waals surface area contributed by atoms with E-state index in [1.165, 1.54) is 24.3 Å². The van der Waals surface area contributed by atoms with Crippen molar-refractivity contribution in [1.29, 1.82) is 0 Å². The number of aromatic nitrogens is 2. The molecule has 6 heteroatoms. The molecule has 0 aliphatic heterocycles. The molecule has 2 N–H and O–H groups in total. The van der Waals surface area contributed by atoms with Gasteiger partial charge in [-0.1, -0.05) is 12.1 Å². The van der Waals surface area contributed by atoms with Crippen LogP contribution in [0.1, 0.15) is 15.9 Å². The Labute approximate surface area is 117 Å². The van der Waals surface area contributed by atoms with Gasteiger partial charge in [0.15, 0.2) is 17.4 Å². The van der Waals surface area contributed by atoms with Crippen LogP contribution in [-0.4, -0.2) is 15.8 Å². The number of H-pyrrole nitrogens is 2. The summed E-state index contributed by atoms with van der Waals surface area (Å²) in [5.74, 6) is -2.35. The molecule has 0 radical (unpaired) electrons. The summed E-state index contributed by atoms with van der Waals surface area (Å²) in [6.45, 7) is 0. The van der Waals surface area contributed by atoms with Crippen LogP contribution in [0.5, 0.6) is 0 Å². The van der Waals surface area contributed by atoms with Crippen molar-refractivity contribution in [1.82, 2.24) is 9.97 Å². The lowest BCUT2D eigenvalue weighted by molar-refractivity contribution is 0.0992. The Kier molecular flexibility index (Phi) is 3.13. The molecule has 1 aromatic heterocycles. The highest BCUT2D eigenvalue weighted by Gasteiger charge is 2.14. The number of fused-ring (bicyclic) bond motifs is 1. The van der Waals surface area contributed by atoms with Gasteiger partial charge in [-0.05, 0) is 29.8 Å². The van der Waals surface area contributed by atoms with Gasteiger partial charge in [-0.15, -0.1) is 0 Å². The van der Waals surface area contributed by atoms with E-state index in [1.54, 1.807) is 6.07 Å². The smallest absolute Gasteiger partial charge is 0.306 e. The molecule has 0 spiro atoms. The van der Waals surface area contributed by atoms with Crippen LogP contribution in [0.15, 0.2) is 41.2 Å². The molecule has 0 fully saturated rings. The fraction of sp³-hybridized carbons (Fsp3) is 0.0667. The van der Waals surface area contributed by atoms with Gasteiger partial charge in [0.25, 0.3) is 0 Å². The van der Waals surface area contributed by atoms with Crippen molar-refractivity contribution in [2.45, 2.75) is 6.42 Å². The summed E-state index contributed by atoms with van der Waals surface area (Å²) in [6.07, 6.45) is -0.246. The van der Waals surface area contributed by atoms with Gasteiger partial charge in [-0.25, -0.2) is 13.6 Å². The lowest BCUT2D eigenvalue weighted by Crippen LogP contribution is -2.06. The summed E-state index contributed by atoms with van der Waals surface area (Å²) < 4.78 is 26.7. The number of halogens is 2. The van der Waals surface area contributed by atoms with E-state index < -0.39 is 11.6 Å². The summed E-state index contributed by atoms with van der Waals surface area (Å²) >= 11 is 0. The van der Waals surface area contributed by atoms with Crippen LogP contribution in [0.4, 0.5) is 8.78 Å². The van der Waals surface area contributed by atoms with E-state index in [4.69, 9.17) is 0 Å². The van der Waals surface area contributed by atoms with Gasteiger partial charge in [0, 0.05) is 12.0 Å². The SMILES string of the molecule is O=C(Cc1cccc(F)c1F)c1ccc2[nH]c(=O)[nH]c2c1. The van der Waals surface area contributed by atoms with Gasteiger partial charge in [0.2, 0.25) is 0 Å². The zero-order chi connectivity index (χ0) is 15.0. The topological polar surface area (TPSA) is 65.7 Å². The fourth-order valence-electron chi connectivity index (χ4n) is 2.17. The van der Waals surface area contributed by atoms with Crippen molar-refractivity contribution in [2.75, 3.05) is 0 Å². The molecule has 0 unspecified atom stereocenters. The second-order valence-corrected chi connectivity index (χ2v) is 4.65. The molecule has 0 saturated carbocycles. The third-order valence-corrected chi connectivity index (χ3v) is 3.22. The molecule has 3 rings (SSSR count). The molecule has 0 amide bonds. The number of carbonyl (C=O) groups excluding carboxylic acids is 1. The zero-order valence-electron chi connectivity index (χ0n) is 10.7. The second-order valence-electron chi connectivity index (χ2n) is 4.65. The Morgan fingerprint density at radius 2 is 1.81 bits per heavy atom. The lowest BCUT2D eigenvalue weighted by Gasteiger charge is -2.04. The van der Waals surface area contributed by atoms with Crippen molar-refractivity contribution in [3.8, 4) is 0 Å². The van der Waals surface area contributed by atoms with Crippen molar-refractivity contribution in [3.05, 3.63) is 69.6 Å². The highest BCUT2D eigenvalue weighted by molar-refractivity contribution is 6.00. The van der Waals surface area contributed by atoms with Crippen molar-refractivity contribution in [3.63, 3.8) is 0 Å². The Balaban J connectivity index is 1.93. The second kappa shape index (κ2) is 4.97. The Bertz CT molecular complexity index is 896. The van der Waals surface area contributed by atoms with Gasteiger partial charge < -0.3 is 9.97 Å². The lowest BCUT2D eigenvalue weighted by atomic mass is 10.0. The number of ketones is 1. The summed E-state index contributed by atoms with van der Waals surface area (Å²) in [5, 5.41) is 0. The molecule has 106 valence electrons. The zero-order valence-corrected chi connectivity index (χ0v) is 10.7. The first-order valence-electron chi connectivity index (χ1n) is 6.23. The monoisotopic (exact) mass is 288 g/mol. The third kappa shape index (κ3) is 2.47. The van der Waals surface area contributed by atoms with Gasteiger partial charge in [0.05, 0.1) is 11.0 Å². The van der Waals surface area contributed by atoms with Crippen LogP contribution >= 0.6 is 0 Å². The number of nitrogens with one attached hydrogen (secondary N) is 2. The summed E-state index contributed by atoms with van der Waals surface area (Å²) in [6, 6.07) is 8.35. The number of rotatable bonds is 3. The Morgan fingerprint density at radius 3 is 2.62 bits per heavy atom. The van der Waals surface area contributed by atoms with Crippen LogP contribution in [0.2, 0.25) is 0 Å². The van der Waals surface area contributed by atoms with Crippen LogP contribution in [0, 0.1) is 11.6 Å². The summed E-state index contributed by atoms with van der Waals surface area (Å²) in [7, 11) is 0. The van der Waals surface area contributed by atoms with Gasteiger partial charge in [-0.2, -0.15) is 0 Å². The minimum atomic E-state index is -1.01. The predicted molar refractivity (Wildman–Crippen MR) is 73.3 cm³/mol. The number of benzene rings is 2. The maximum atomic E-state index is 13.6. The first-order valence-corrected chi connectivity index (χ1v) is 6.23. The predicted octanol–water partition coefficient (Wildman–Crippen LogP) is 2.56. The number of hydrogen-bond donors (Lipinski definition) is 2. The Morgan fingerprint density at radius 1 is 1.05 bits per heavy atom. The average molecular weight is 288 g/mol. The summed E-state index contributed by atoms with van der Waals surface area (Å²) in [4.78, 5) is 28.4. The van der Waals surface area contributed by atoms with E-state index >= 15 is 0 Å². The quantitative estimate of drug-likeness (QED) is 0.727. The maximum absolute atomic E-state index is 13.6. The van der Waals surface area contributed by atoms with Crippen molar-refractivity contribution < 1.29 is 13.6 Å². The molecule has 21 heavy (non-hydrogen) atoms. The maximum Gasteiger partial charge on any atom is 0.323 e. The van der Waals surface area contributed by atoms with Gasteiger partial charge >= 0.3 is 5.69 Å². The highest BCUT2D eigenvalue weighted by atomic mass is 19.2. The summed E-state index contributed by atoms with van der Waals surface area (Å²) in [5.41, 5.74) is 1.02. The number of imidazole rings is 1. The standard InChI is InChI=1S/C15H10F2N2O2/c16-10-3-1-2-9(14(10)17)7-13(20)8-4-5-11-12(6-8)19-15(21)18-11/h1-6H,7H2,(H2,18,19,21). The van der Waals surface area contributed by atoms with Crippen LogP contribution in [-0.2, 0) is 6.42 Å². The molecular weight excluding hydrogens is 278 g/mol. The van der Waals surface area contributed by atoms with Gasteiger partial charge in [0.1, 0.15) is 0 Å². The molecule has 0 aliphatic carbocycles. The van der Waals surface area contributed by atoms with Gasteiger partial charge in [-0.3, -0.25) is 4.79 Å². The molecule has 3 aromatic rings. The highest BCUT2D eigenvalue weighted by Crippen LogP contribution is 2.16. The van der Waals surface area contributed by atoms with E-state index in [1.807, 2.05) is 0 Å². The minimum Gasteiger partial charge on any atom is -0.306 e. The molecule has 4 nitrogen and oxygen atoms in total. The molecular formula is C15H10F2N2O2. The fourth-order valence-corrected chi connectivity index (χ4v) is 2.17. The average Bonchev–Trinajstić information content (AvgIpc) is 2.82. The first kappa shape index (κ1) is 13.2. The number of carbonyl (C=O) groups is 1. The van der Waals surface area contributed by atoms with E-state index in [9.17, 15) is 18.4 Å². The first-order chi connectivity index (χ1) is 10.0. The van der Waals surface area contributed by atoms with Crippen LogP contribution < -0.4 is 5.69 Å².